The Labute approximate surface area is 110 Å². The predicted octanol–water partition coefficient (Wildman–Crippen LogP) is 3.28. The Bertz CT molecular complexity index is 692. The van der Waals surface area contributed by atoms with Gasteiger partial charge in [0.05, 0.1) is 11.1 Å². The molecule has 18 heavy (non-hydrogen) atoms. The second-order valence-electron chi connectivity index (χ2n) is 4.27. The smallest absolute Gasteiger partial charge is 0.161 e. The van der Waals surface area contributed by atoms with Crippen LogP contribution < -0.4 is 0 Å². The number of ketones is 1. The Hall–Kier alpha value is -1.73. The average Bonchev–Trinajstić information content (AvgIpc) is 2.71. The van der Waals surface area contributed by atoms with Crippen LogP contribution in [0.4, 0.5) is 0 Å². The number of aryl methyl sites for hydroxylation is 2. The molecule has 2 aromatic rings. The molecule has 0 atom stereocenters. The molecule has 0 saturated heterocycles. The lowest BCUT2D eigenvalue weighted by Gasteiger charge is -2.13. The highest BCUT2D eigenvalue weighted by Gasteiger charge is 2.20. The maximum absolute atomic E-state index is 11.8. The molecule has 1 aromatic carbocycles. The van der Waals surface area contributed by atoms with Gasteiger partial charge in [0.1, 0.15) is 6.07 Å². The van der Waals surface area contributed by atoms with Crippen molar-refractivity contribution in [1.29, 1.82) is 5.26 Å². The summed E-state index contributed by atoms with van der Waals surface area (Å²) in [7, 11) is 1.92. The van der Waals surface area contributed by atoms with E-state index in [-0.39, 0.29) is 5.78 Å². The topological polar surface area (TPSA) is 45.8 Å². The predicted molar refractivity (Wildman–Crippen MR) is 74.2 cm³/mol. The van der Waals surface area contributed by atoms with Crippen molar-refractivity contribution in [2.24, 2.45) is 7.05 Å². The number of hydrogen-bond donors (Lipinski definition) is 0. The molecule has 0 radical (unpaired) electrons. The van der Waals surface area contributed by atoms with Crippen LogP contribution in [-0.2, 0) is 7.05 Å². The van der Waals surface area contributed by atoms with Gasteiger partial charge < -0.3 is 4.57 Å². The molecule has 0 saturated carbocycles. The van der Waals surface area contributed by atoms with Gasteiger partial charge in [-0.3, -0.25) is 4.79 Å². The van der Waals surface area contributed by atoms with Gasteiger partial charge in [0.2, 0.25) is 0 Å². The van der Waals surface area contributed by atoms with E-state index in [1.807, 2.05) is 37.1 Å². The number of fused-ring (bicyclic) bond motifs is 1. The molecular weight excluding hydrogens is 244 g/mol. The largest absolute Gasteiger partial charge is 0.349 e. The van der Waals surface area contributed by atoms with E-state index in [1.54, 1.807) is 6.92 Å². The van der Waals surface area contributed by atoms with Crippen molar-refractivity contribution in [1.82, 2.24) is 4.57 Å². The van der Waals surface area contributed by atoms with Gasteiger partial charge in [-0.2, -0.15) is 5.26 Å². The van der Waals surface area contributed by atoms with Crippen molar-refractivity contribution in [3.05, 3.63) is 29.0 Å². The van der Waals surface area contributed by atoms with Gasteiger partial charge in [-0.05, 0) is 31.7 Å². The maximum Gasteiger partial charge on any atom is 0.161 e. The summed E-state index contributed by atoms with van der Waals surface area (Å²) in [6.07, 6.45) is 3.82. The first-order chi connectivity index (χ1) is 8.52. The average molecular weight is 258 g/mol. The van der Waals surface area contributed by atoms with Gasteiger partial charge >= 0.3 is 0 Å². The fourth-order valence-corrected chi connectivity index (χ4v) is 3.26. The van der Waals surface area contributed by atoms with Gasteiger partial charge in [0.15, 0.2) is 5.78 Å². The first-order valence-corrected chi connectivity index (χ1v) is 6.82. The first-order valence-electron chi connectivity index (χ1n) is 5.59. The van der Waals surface area contributed by atoms with Crippen molar-refractivity contribution in [2.45, 2.75) is 18.7 Å². The molecule has 0 bridgehead atoms. The Kier molecular flexibility index (Phi) is 3.18. The summed E-state index contributed by atoms with van der Waals surface area (Å²) in [5, 5.41) is 10.4. The number of carbonyl (C=O) groups excluding carboxylic acids is 1. The summed E-state index contributed by atoms with van der Waals surface area (Å²) in [5.74, 6) is 0.0131. The second-order valence-corrected chi connectivity index (χ2v) is 5.08. The van der Waals surface area contributed by atoms with Crippen molar-refractivity contribution in [3.63, 3.8) is 0 Å². The molecule has 1 heterocycles. The monoisotopic (exact) mass is 258 g/mol. The molecule has 0 amide bonds. The number of carbonyl (C=O) groups is 1. The molecule has 0 N–H and O–H groups in total. The van der Waals surface area contributed by atoms with Crippen LogP contribution >= 0.6 is 11.8 Å². The molecule has 0 unspecified atom stereocenters. The Morgan fingerprint density at radius 1 is 1.50 bits per heavy atom. The number of Topliss-reactive ketones (excluding diaryl/α,β-unsaturated/α-hetero) is 1. The highest BCUT2D eigenvalue weighted by Crippen LogP contribution is 2.35. The normalized spacial score (nSPS) is 10.6. The van der Waals surface area contributed by atoms with Crippen LogP contribution in [-0.4, -0.2) is 16.6 Å². The number of nitriles is 1. The van der Waals surface area contributed by atoms with Gasteiger partial charge in [-0.15, -0.1) is 11.8 Å². The van der Waals surface area contributed by atoms with E-state index in [0.717, 1.165) is 21.4 Å². The Balaban J connectivity index is 3.08. The standard InChI is InChI=1S/C14H14N2OS/c1-8-10-5-6-16(3)13(10)11(7-15)14(18-4)12(8)9(2)17/h5-6H,1-4H3. The van der Waals surface area contributed by atoms with Crippen LogP contribution in [0.15, 0.2) is 17.2 Å². The zero-order valence-electron chi connectivity index (χ0n) is 10.9. The summed E-state index contributed by atoms with van der Waals surface area (Å²) in [6.45, 7) is 3.50. The number of rotatable bonds is 2. The van der Waals surface area contributed by atoms with Crippen LogP contribution in [0, 0.1) is 18.3 Å². The quantitative estimate of drug-likeness (QED) is 0.613. The second kappa shape index (κ2) is 4.51. The molecular formula is C14H14N2OS. The summed E-state index contributed by atoms with van der Waals surface area (Å²) in [4.78, 5) is 12.6. The van der Waals surface area contributed by atoms with Gasteiger partial charge in [0.25, 0.3) is 0 Å². The number of nitrogens with zero attached hydrogens (tertiary/aromatic N) is 2. The van der Waals surface area contributed by atoms with E-state index in [2.05, 4.69) is 6.07 Å². The van der Waals surface area contributed by atoms with Gasteiger partial charge in [0, 0.05) is 29.1 Å². The van der Waals surface area contributed by atoms with Crippen molar-refractivity contribution in [3.8, 4) is 6.07 Å². The van der Waals surface area contributed by atoms with E-state index in [0.29, 0.717) is 11.1 Å². The maximum atomic E-state index is 11.8. The molecule has 92 valence electrons. The summed E-state index contributed by atoms with van der Waals surface area (Å²) >= 11 is 1.46. The molecule has 0 aliphatic heterocycles. The van der Waals surface area contributed by atoms with Crippen LogP contribution in [0.1, 0.15) is 28.4 Å². The Morgan fingerprint density at radius 3 is 2.67 bits per heavy atom. The minimum absolute atomic E-state index is 0.0131. The molecule has 0 aliphatic rings. The third-order valence-corrected chi connectivity index (χ3v) is 4.03. The third kappa shape index (κ3) is 1.63. The Morgan fingerprint density at radius 2 is 2.17 bits per heavy atom. The van der Waals surface area contributed by atoms with E-state index in [1.165, 1.54) is 11.8 Å². The van der Waals surface area contributed by atoms with E-state index in [9.17, 15) is 10.1 Å². The first kappa shape index (κ1) is 12.7. The summed E-state index contributed by atoms with van der Waals surface area (Å²) in [6, 6.07) is 4.21. The molecule has 1 aromatic heterocycles. The molecule has 4 heteroatoms. The SMILES string of the molecule is CSc1c(C(C)=O)c(C)c2ccn(C)c2c1C#N. The third-order valence-electron chi connectivity index (χ3n) is 3.21. The highest BCUT2D eigenvalue weighted by molar-refractivity contribution is 7.98. The zero-order chi connectivity index (χ0) is 13.4. The van der Waals surface area contributed by atoms with Crippen molar-refractivity contribution >= 4 is 28.4 Å². The van der Waals surface area contributed by atoms with Gasteiger partial charge in [-0.25, -0.2) is 0 Å². The fraction of sp³-hybridized carbons (Fsp3) is 0.286. The lowest BCUT2D eigenvalue weighted by Crippen LogP contribution is -2.03. The molecule has 0 fully saturated rings. The number of hydrogen-bond acceptors (Lipinski definition) is 3. The van der Waals surface area contributed by atoms with E-state index < -0.39 is 0 Å². The van der Waals surface area contributed by atoms with Crippen LogP contribution in [0.3, 0.4) is 0 Å². The zero-order valence-corrected chi connectivity index (χ0v) is 11.7. The number of aromatic nitrogens is 1. The van der Waals surface area contributed by atoms with E-state index in [4.69, 9.17) is 0 Å². The summed E-state index contributed by atoms with van der Waals surface area (Å²) < 4.78 is 1.94. The number of benzene rings is 1. The van der Waals surface area contributed by atoms with Crippen molar-refractivity contribution in [2.75, 3.05) is 6.26 Å². The van der Waals surface area contributed by atoms with Crippen molar-refractivity contribution < 1.29 is 4.79 Å². The lowest BCUT2D eigenvalue weighted by atomic mass is 9.98. The minimum Gasteiger partial charge on any atom is -0.349 e. The lowest BCUT2D eigenvalue weighted by molar-refractivity contribution is 0.101. The number of thioether (sulfide) groups is 1. The fourth-order valence-electron chi connectivity index (χ4n) is 2.41. The molecule has 0 aliphatic carbocycles. The van der Waals surface area contributed by atoms with E-state index >= 15 is 0 Å². The molecule has 0 spiro atoms. The minimum atomic E-state index is 0.0131. The van der Waals surface area contributed by atoms with Crippen LogP contribution in [0.5, 0.6) is 0 Å². The molecule has 3 nitrogen and oxygen atoms in total. The highest BCUT2D eigenvalue weighted by atomic mass is 32.2. The van der Waals surface area contributed by atoms with Crippen LogP contribution in [0.25, 0.3) is 10.9 Å². The van der Waals surface area contributed by atoms with Gasteiger partial charge in [-0.1, -0.05) is 0 Å². The molecule has 2 rings (SSSR count). The summed E-state index contributed by atoms with van der Waals surface area (Å²) in [5.41, 5.74) is 3.14. The van der Waals surface area contributed by atoms with Crippen LogP contribution in [0.2, 0.25) is 0 Å².